The van der Waals surface area contributed by atoms with Gasteiger partial charge in [-0.2, -0.15) is 0 Å². The maximum absolute atomic E-state index is 10.6. The van der Waals surface area contributed by atoms with E-state index in [2.05, 4.69) is 21.1 Å². The Balaban J connectivity index is 2.45. The molecule has 1 heterocycles. The van der Waals surface area contributed by atoms with Crippen molar-refractivity contribution in [1.29, 1.82) is 0 Å². The molecule has 4 nitrogen and oxygen atoms in total. The van der Waals surface area contributed by atoms with Crippen molar-refractivity contribution >= 4 is 21.9 Å². The van der Waals surface area contributed by atoms with Crippen molar-refractivity contribution in [2.24, 2.45) is 0 Å². The Morgan fingerprint density at radius 3 is 2.81 bits per heavy atom. The lowest BCUT2D eigenvalue weighted by molar-refractivity contribution is -0.136. The first-order chi connectivity index (χ1) is 7.68. The maximum atomic E-state index is 10.6. The van der Waals surface area contributed by atoms with E-state index in [-0.39, 0.29) is 6.42 Å². The molecule has 0 spiro atoms. The zero-order valence-electron chi connectivity index (χ0n) is 8.18. The third kappa shape index (κ3) is 2.14. The normalized spacial score (nSPS) is 10.3. The number of halogens is 1. The van der Waals surface area contributed by atoms with E-state index in [0.717, 1.165) is 10.0 Å². The summed E-state index contributed by atoms with van der Waals surface area (Å²) >= 11 is 3.40. The molecule has 82 valence electrons. The van der Waals surface area contributed by atoms with Crippen LogP contribution in [-0.2, 0) is 11.2 Å². The molecule has 2 rings (SSSR count). The number of hydrogen-bond acceptors (Lipinski definition) is 3. The fraction of sp³-hybridized carbons (Fsp3) is 0.0909. The van der Waals surface area contributed by atoms with Gasteiger partial charge < -0.3 is 9.63 Å². The largest absolute Gasteiger partial charge is 0.481 e. The number of carboxylic acids is 1. The van der Waals surface area contributed by atoms with E-state index >= 15 is 0 Å². The van der Waals surface area contributed by atoms with Gasteiger partial charge in [0, 0.05) is 15.6 Å². The fourth-order valence-electron chi connectivity index (χ4n) is 1.43. The van der Waals surface area contributed by atoms with E-state index in [1.807, 2.05) is 24.3 Å². The molecule has 0 aliphatic heterocycles. The molecule has 0 bridgehead atoms. The Kier molecular flexibility index (Phi) is 3.05. The second-order valence-corrected chi connectivity index (χ2v) is 4.08. The number of aromatic nitrogens is 1. The fourth-order valence-corrected chi connectivity index (χ4v) is 1.93. The summed E-state index contributed by atoms with van der Waals surface area (Å²) in [5, 5.41) is 12.4. The lowest BCUT2D eigenvalue weighted by Crippen LogP contribution is -2.01. The number of benzene rings is 1. The highest BCUT2D eigenvalue weighted by Gasteiger charge is 2.14. The summed E-state index contributed by atoms with van der Waals surface area (Å²) in [6.45, 7) is 0. The summed E-state index contributed by atoms with van der Waals surface area (Å²) in [5.41, 5.74) is 2.01. The predicted molar refractivity (Wildman–Crippen MR) is 61.0 cm³/mol. The molecule has 0 atom stereocenters. The molecule has 1 aromatic carbocycles. The van der Waals surface area contributed by atoms with Crippen LogP contribution in [0, 0.1) is 0 Å². The minimum Gasteiger partial charge on any atom is -0.481 e. The molecule has 0 saturated carbocycles. The van der Waals surface area contributed by atoms with Gasteiger partial charge in [0.15, 0.2) is 0 Å². The first-order valence-corrected chi connectivity index (χ1v) is 5.37. The van der Waals surface area contributed by atoms with Crippen molar-refractivity contribution in [1.82, 2.24) is 5.16 Å². The molecule has 0 fully saturated rings. The van der Waals surface area contributed by atoms with Gasteiger partial charge in [0.1, 0.15) is 12.0 Å². The SMILES string of the molecule is O=C(O)Cc1nocc1-c1ccccc1Br. The molecule has 2 aromatic rings. The summed E-state index contributed by atoms with van der Waals surface area (Å²) in [6.07, 6.45) is 1.31. The average molecular weight is 282 g/mol. The van der Waals surface area contributed by atoms with Gasteiger partial charge in [-0.05, 0) is 6.07 Å². The zero-order chi connectivity index (χ0) is 11.5. The van der Waals surface area contributed by atoms with Crippen LogP contribution >= 0.6 is 15.9 Å². The van der Waals surface area contributed by atoms with Crippen LogP contribution in [0.5, 0.6) is 0 Å². The summed E-state index contributed by atoms with van der Waals surface area (Å²) in [7, 11) is 0. The van der Waals surface area contributed by atoms with E-state index < -0.39 is 5.97 Å². The van der Waals surface area contributed by atoms with Crippen LogP contribution < -0.4 is 0 Å². The molecule has 1 N–H and O–H groups in total. The van der Waals surface area contributed by atoms with Crippen LogP contribution in [0.3, 0.4) is 0 Å². The number of aliphatic carboxylic acids is 1. The smallest absolute Gasteiger partial charge is 0.309 e. The van der Waals surface area contributed by atoms with Crippen LogP contribution in [-0.4, -0.2) is 16.2 Å². The first kappa shape index (κ1) is 10.9. The number of nitrogens with zero attached hydrogens (tertiary/aromatic N) is 1. The standard InChI is InChI=1S/C11H8BrNO3/c12-9-4-2-1-3-7(9)8-6-16-13-10(8)5-11(14)15/h1-4,6H,5H2,(H,14,15). The summed E-state index contributed by atoms with van der Waals surface area (Å²) in [4.78, 5) is 10.6. The highest BCUT2D eigenvalue weighted by molar-refractivity contribution is 9.10. The second kappa shape index (κ2) is 4.49. The van der Waals surface area contributed by atoms with Crippen LogP contribution in [0.25, 0.3) is 11.1 Å². The molecule has 0 unspecified atom stereocenters. The summed E-state index contributed by atoms with van der Waals surface area (Å²) in [5.74, 6) is -0.929. The zero-order valence-corrected chi connectivity index (χ0v) is 9.77. The monoisotopic (exact) mass is 281 g/mol. The topological polar surface area (TPSA) is 63.3 Å². The first-order valence-electron chi connectivity index (χ1n) is 4.58. The highest BCUT2D eigenvalue weighted by Crippen LogP contribution is 2.30. The number of hydrogen-bond donors (Lipinski definition) is 1. The molecule has 1 aromatic heterocycles. The number of carboxylic acid groups (broad SMARTS) is 1. The molecular weight excluding hydrogens is 274 g/mol. The molecule has 5 heteroatoms. The Labute approximate surface area is 100 Å². The molecular formula is C11H8BrNO3. The second-order valence-electron chi connectivity index (χ2n) is 3.23. The molecule has 0 saturated heterocycles. The maximum Gasteiger partial charge on any atom is 0.309 e. The van der Waals surface area contributed by atoms with E-state index in [4.69, 9.17) is 9.63 Å². The molecule has 16 heavy (non-hydrogen) atoms. The quantitative estimate of drug-likeness (QED) is 0.940. The van der Waals surface area contributed by atoms with Gasteiger partial charge >= 0.3 is 5.97 Å². The third-order valence-electron chi connectivity index (χ3n) is 2.13. The lowest BCUT2D eigenvalue weighted by atomic mass is 10.1. The molecule has 0 aliphatic rings. The number of rotatable bonds is 3. The van der Waals surface area contributed by atoms with Gasteiger partial charge in [-0.3, -0.25) is 4.79 Å². The van der Waals surface area contributed by atoms with Crippen LogP contribution in [0.4, 0.5) is 0 Å². The van der Waals surface area contributed by atoms with Gasteiger partial charge in [-0.25, -0.2) is 0 Å². The highest BCUT2D eigenvalue weighted by atomic mass is 79.9. The van der Waals surface area contributed by atoms with Gasteiger partial charge in [-0.15, -0.1) is 0 Å². The van der Waals surface area contributed by atoms with Crippen LogP contribution in [0.1, 0.15) is 5.69 Å². The Morgan fingerprint density at radius 1 is 1.38 bits per heavy atom. The summed E-state index contributed by atoms with van der Waals surface area (Å²) < 4.78 is 5.70. The van der Waals surface area contributed by atoms with E-state index in [9.17, 15) is 4.79 Å². The van der Waals surface area contributed by atoms with E-state index in [1.165, 1.54) is 6.26 Å². The van der Waals surface area contributed by atoms with Gasteiger partial charge in [0.2, 0.25) is 0 Å². The van der Waals surface area contributed by atoms with Crippen molar-refractivity contribution < 1.29 is 14.4 Å². The van der Waals surface area contributed by atoms with Crippen molar-refractivity contribution in [3.05, 3.63) is 40.7 Å². The molecule has 0 aliphatic carbocycles. The van der Waals surface area contributed by atoms with Crippen molar-refractivity contribution in [2.75, 3.05) is 0 Å². The third-order valence-corrected chi connectivity index (χ3v) is 2.82. The van der Waals surface area contributed by atoms with Crippen molar-refractivity contribution in [3.8, 4) is 11.1 Å². The predicted octanol–water partition coefficient (Wildman–Crippen LogP) is 2.73. The van der Waals surface area contributed by atoms with E-state index in [1.54, 1.807) is 0 Å². The van der Waals surface area contributed by atoms with Gasteiger partial charge in [-0.1, -0.05) is 39.3 Å². The van der Waals surface area contributed by atoms with Crippen LogP contribution in [0.15, 0.2) is 39.5 Å². The molecule has 0 amide bonds. The summed E-state index contributed by atoms with van der Waals surface area (Å²) in [6, 6.07) is 7.52. The lowest BCUT2D eigenvalue weighted by Gasteiger charge is -2.01. The van der Waals surface area contributed by atoms with Gasteiger partial charge in [0.25, 0.3) is 0 Å². The minimum absolute atomic E-state index is 0.146. The van der Waals surface area contributed by atoms with Crippen LogP contribution in [0.2, 0.25) is 0 Å². The number of carbonyl (C=O) groups is 1. The average Bonchev–Trinajstić information content (AvgIpc) is 2.66. The Morgan fingerprint density at radius 2 is 2.12 bits per heavy atom. The van der Waals surface area contributed by atoms with Gasteiger partial charge in [0.05, 0.1) is 6.42 Å². The molecule has 0 radical (unpaired) electrons. The van der Waals surface area contributed by atoms with Crippen molar-refractivity contribution in [3.63, 3.8) is 0 Å². The van der Waals surface area contributed by atoms with E-state index in [0.29, 0.717) is 11.3 Å². The minimum atomic E-state index is -0.929. The van der Waals surface area contributed by atoms with Crippen molar-refractivity contribution in [2.45, 2.75) is 6.42 Å². The Hall–Kier alpha value is -1.62. The Bertz CT molecular complexity index is 521.